The van der Waals surface area contributed by atoms with Crippen molar-refractivity contribution >= 4 is 17.5 Å². The zero-order valence-corrected chi connectivity index (χ0v) is 19.4. The lowest BCUT2D eigenvalue weighted by molar-refractivity contribution is -0.139. The van der Waals surface area contributed by atoms with Crippen molar-refractivity contribution in [1.82, 2.24) is 14.8 Å². The van der Waals surface area contributed by atoms with E-state index in [9.17, 15) is 9.59 Å². The van der Waals surface area contributed by atoms with Gasteiger partial charge in [0.25, 0.3) is 5.91 Å². The van der Waals surface area contributed by atoms with Crippen molar-refractivity contribution in [3.63, 3.8) is 0 Å². The van der Waals surface area contributed by atoms with Crippen molar-refractivity contribution < 1.29 is 9.59 Å². The summed E-state index contributed by atoms with van der Waals surface area (Å²) < 4.78 is 0. The van der Waals surface area contributed by atoms with Crippen LogP contribution in [-0.4, -0.2) is 66.4 Å². The molecule has 1 atom stereocenters. The number of rotatable bonds is 6. The SMILES string of the molecule is CCN1CCN(C(=O)c2ccc(N(C)C)cc2)C(Cc2ccc(-c3cccnc3)cc2)C1=O. The Kier molecular flexibility index (Phi) is 6.73. The molecule has 6 nitrogen and oxygen atoms in total. The topological polar surface area (TPSA) is 56.8 Å². The number of aromatic nitrogens is 1. The zero-order valence-electron chi connectivity index (χ0n) is 19.4. The number of nitrogens with zero attached hydrogens (tertiary/aromatic N) is 4. The van der Waals surface area contributed by atoms with Crippen LogP contribution in [0.15, 0.2) is 73.1 Å². The summed E-state index contributed by atoms with van der Waals surface area (Å²) in [6.45, 7) is 3.73. The lowest BCUT2D eigenvalue weighted by Crippen LogP contribution is -2.59. The number of hydrogen-bond donors (Lipinski definition) is 0. The third kappa shape index (κ3) is 4.90. The quantitative estimate of drug-likeness (QED) is 0.584. The zero-order chi connectivity index (χ0) is 23.4. The fraction of sp³-hybridized carbons (Fsp3) is 0.296. The Bertz CT molecular complexity index is 1100. The predicted molar refractivity (Wildman–Crippen MR) is 131 cm³/mol. The van der Waals surface area contributed by atoms with E-state index < -0.39 is 6.04 Å². The fourth-order valence-electron chi connectivity index (χ4n) is 4.25. The highest BCUT2D eigenvalue weighted by molar-refractivity contribution is 5.98. The normalized spacial score (nSPS) is 16.1. The summed E-state index contributed by atoms with van der Waals surface area (Å²) in [6.07, 6.45) is 4.08. The highest BCUT2D eigenvalue weighted by Gasteiger charge is 2.37. The molecule has 0 radical (unpaired) electrons. The monoisotopic (exact) mass is 442 g/mol. The van der Waals surface area contributed by atoms with E-state index in [0.717, 1.165) is 22.4 Å². The molecule has 4 rings (SSSR count). The highest BCUT2D eigenvalue weighted by atomic mass is 16.2. The van der Waals surface area contributed by atoms with Gasteiger partial charge in [0.2, 0.25) is 5.91 Å². The number of carbonyl (C=O) groups is 2. The Hall–Kier alpha value is -3.67. The summed E-state index contributed by atoms with van der Waals surface area (Å²) in [7, 11) is 3.93. The Morgan fingerprint density at radius 1 is 1.00 bits per heavy atom. The van der Waals surface area contributed by atoms with Gasteiger partial charge < -0.3 is 14.7 Å². The first-order valence-electron chi connectivity index (χ1n) is 11.3. The molecule has 1 saturated heterocycles. The summed E-state index contributed by atoms with van der Waals surface area (Å²) in [6, 6.07) is 19.1. The van der Waals surface area contributed by atoms with Gasteiger partial charge in [0.15, 0.2) is 0 Å². The van der Waals surface area contributed by atoms with Crippen LogP contribution in [0.25, 0.3) is 11.1 Å². The number of pyridine rings is 1. The second-order valence-electron chi connectivity index (χ2n) is 8.52. The molecular weight excluding hydrogens is 412 g/mol. The number of piperazine rings is 1. The summed E-state index contributed by atoms with van der Waals surface area (Å²) >= 11 is 0. The molecule has 2 heterocycles. The average molecular weight is 443 g/mol. The van der Waals surface area contributed by atoms with Crippen molar-refractivity contribution in [2.75, 3.05) is 38.6 Å². The summed E-state index contributed by atoms with van der Waals surface area (Å²) in [5.74, 6) is -0.0836. The van der Waals surface area contributed by atoms with Crippen molar-refractivity contribution in [3.8, 4) is 11.1 Å². The molecule has 0 spiro atoms. The number of anilines is 1. The smallest absolute Gasteiger partial charge is 0.254 e. The summed E-state index contributed by atoms with van der Waals surface area (Å²) in [5, 5.41) is 0. The van der Waals surface area contributed by atoms with Crippen molar-refractivity contribution in [2.24, 2.45) is 0 Å². The van der Waals surface area contributed by atoms with Crippen molar-refractivity contribution in [1.29, 1.82) is 0 Å². The van der Waals surface area contributed by atoms with E-state index in [0.29, 0.717) is 31.6 Å². The van der Waals surface area contributed by atoms with E-state index in [4.69, 9.17) is 0 Å². The van der Waals surface area contributed by atoms with Gasteiger partial charge in [-0.05, 0) is 53.9 Å². The van der Waals surface area contributed by atoms with E-state index in [-0.39, 0.29) is 11.8 Å². The van der Waals surface area contributed by atoms with Gasteiger partial charge in [-0.3, -0.25) is 14.6 Å². The summed E-state index contributed by atoms with van der Waals surface area (Å²) in [5.41, 5.74) is 4.79. The van der Waals surface area contributed by atoms with Crippen LogP contribution in [0.2, 0.25) is 0 Å². The molecule has 33 heavy (non-hydrogen) atoms. The maximum absolute atomic E-state index is 13.4. The molecule has 1 aromatic heterocycles. The van der Waals surface area contributed by atoms with E-state index in [1.54, 1.807) is 11.1 Å². The molecule has 0 saturated carbocycles. The number of carbonyl (C=O) groups excluding carboxylic acids is 2. The van der Waals surface area contributed by atoms with Crippen LogP contribution in [0, 0.1) is 0 Å². The molecule has 1 aliphatic heterocycles. The second-order valence-corrected chi connectivity index (χ2v) is 8.52. The van der Waals surface area contributed by atoms with Gasteiger partial charge in [0.05, 0.1) is 0 Å². The lowest BCUT2D eigenvalue weighted by atomic mass is 9.98. The molecule has 0 N–H and O–H groups in total. The molecule has 0 bridgehead atoms. The van der Waals surface area contributed by atoms with Crippen molar-refractivity contribution in [3.05, 3.63) is 84.2 Å². The van der Waals surface area contributed by atoms with E-state index in [2.05, 4.69) is 4.98 Å². The van der Waals surface area contributed by atoms with Gasteiger partial charge in [-0.25, -0.2) is 0 Å². The Morgan fingerprint density at radius 3 is 2.33 bits per heavy atom. The Balaban J connectivity index is 1.57. The molecule has 1 unspecified atom stereocenters. The Morgan fingerprint density at radius 2 is 1.73 bits per heavy atom. The molecule has 2 aromatic carbocycles. The van der Waals surface area contributed by atoms with Gasteiger partial charge in [-0.1, -0.05) is 30.3 Å². The molecule has 0 aliphatic carbocycles. The maximum Gasteiger partial charge on any atom is 0.254 e. The number of benzene rings is 2. The molecular formula is C27H30N4O2. The van der Waals surface area contributed by atoms with Crippen molar-refractivity contribution in [2.45, 2.75) is 19.4 Å². The fourth-order valence-corrected chi connectivity index (χ4v) is 4.25. The molecule has 1 aliphatic rings. The first-order valence-corrected chi connectivity index (χ1v) is 11.3. The average Bonchev–Trinajstić information content (AvgIpc) is 2.86. The second kappa shape index (κ2) is 9.86. The number of amides is 2. The molecule has 2 amide bonds. The van der Waals surface area contributed by atoms with Crippen LogP contribution in [0.4, 0.5) is 5.69 Å². The molecule has 170 valence electrons. The minimum Gasteiger partial charge on any atom is -0.378 e. The maximum atomic E-state index is 13.4. The first kappa shape index (κ1) is 22.5. The molecule has 6 heteroatoms. The van der Waals surface area contributed by atoms with Gasteiger partial charge in [0, 0.05) is 63.8 Å². The van der Waals surface area contributed by atoms with Crippen LogP contribution < -0.4 is 4.90 Å². The third-order valence-corrected chi connectivity index (χ3v) is 6.23. The third-order valence-electron chi connectivity index (χ3n) is 6.23. The first-order chi connectivity index (χ1) is 16.0. The van der Waals surface area contributed by atoms with Gasteiger partial charge in [0.1, 0.15) is 6.04 Å². The van der Waals surface area contributed by atoms with E-state index in [1.807, 2.05) is 97.7 Å². The number of likely N-dealkylation sites (N-methyl/N-ethyl adjacent to an activating group) is 1. The van der Waals surface area contributed by atoms with Crippen LogP contribution in [0.3, 0.4) is 0 Å². The largest absolute Gasteiger partial charge is 0.378 e. The predicted octanol–water partition coefficient (Wildman–Crippen LogP) is 3.73. The van der Waals surface area contributed by atoms with Gasteiger partial charge in [-0.15, -0.1) is 0 Å². The number of hydrogen-bond acceptors (Lipinski definition) is 4. The standard InChI is InChI=1S/C27H30N4O2/c1-4-30-16-17-31(26(32)22-11-13-24(14-12-22)29(2)3)25(27(30)33)18-20-7-9-21(10-8-20)23-6-5-15-28-19-23/h5-15,19,25H,4,16-18H2,1-3H3. The van der Waals surface area contributed by atoms with Crippen LogP contribution in [0.1, 0.15) is 22.8 Å². The van der Waals surface area contributed by atoms with E-state index in [1.165, 1.54) is 0 Å². The van der Waals surface area contributed by atoms with Crippen LogP contribution >= 0.6 is 0 Å². The van der Waals surface area contributed by atoms with Gasteiger partial charge in [-0.2, -0.15) is 0 Å². The van der Waals surface area contributed by atoms with Gasteiger partial charge >= 0.3 is 0 Å². The highest BCUT2D eigenvalue weighted by Crippen LogP contribution is 2.23. The van der Waals surface area contributed by atoms with Crippen LogP contribution in [-0.2, 0) is 11.2 Å². The Labute approximate surface area is 195 Å². The minimum atomic E-state index is -0.510. The van der Waals surface area contributed by atoms with Crippen LogP contribution in [0.5, 0.6) is 0 Å². The molecule has 3 aromatic rings. The lowest BCUT2D eigenvalue weighted by Gasteiger charge is -2.40. The van der Waals surface area contributed by atoms with E-state index >= 15 is 0 Å². The summed E-state index contributed by atoms with van der Waals surface area (Å²) in [4.78, 5) is 36.4. The minimum absolute atomic E-state index is 0.0124. The molecule has 1 fully saturated rings.